The van der Waals surface area contributed by atoms with E-state index in [1.54, 1.807) is 24.5 Å². The maximum atomic E-state index is 12.7. The first kappa shape index (κ1) is 14.7. The van der Waals surface area contributed by atoms with Gasteiger partial charge >= 0.3 is 0 Å². The summed E-state index contributed by atoms with van der Waals surface area (Å²) in [6.45, 7) is 1.55. The van der Waals surface area contributed by atoms with Crippen LogP contribution in [-0.2, 0) is 10.0 Å². The molecule has 0 saturated carbocycles. The first-order valence-corrected chi connectivity index (χ1v) is 8.70. The van der Waals surface area contributed by atoms with Gasteiger partial charge in [-0.3, -0.25) is 4.98 Å². The molecule has 3 heterocycles. The number of nitrogens with one attached hydrogen (secondary N) is 1. The Kier molecular flexibility index (Phi) is 4.12. The molecule has 1 N–H and O–H groups in total. The van der Waals surface area contributed by atoms with Gasteiger partial charge in [-0.1, -0.05) is 6.07 Å². The summed E-state index contributed by atoms with van der Waals surface area (Å²) >= 11 is 3.14. The van der Waals surface area contributed by atoms with E-state index in [4.69, 9.17) is 4.42 Å². The van der Waals surface area contributed by atoms with Crippen molar-refractivity contribution < 1.29 is 12.8 Å². The van der Waals surface area contributed by atoms with Crippen molar-refractivity contribution in [3.63, 3.8) is 0 Å². The fraction of sp³-hybridized carbons (Fsp3) is 0.308. The molecule has 3 rings (SSSR count). The summed E-state index contributed by atoms with van der Waals surface area (Å²) < 4.78 is 32.6. The molecule has 0 aromatic carbocycles. The molecule has 2 aromatic heterocycles. The molecule has 1 fully saturated rings. The minimum Gasteiger partial charge on any atom is -0.437 e. The fourth-order valence-electron chi connectivity index (χ4n) is 2.38. The minimum atomic E-state index is -3.67. The van der Waals surface area contributed by atoms with Crippen LogP contribution in [0.4, 0.5) is 0 Å². The lowest BCUT2D eigenvalue weighted by Crippen LogP contribution is -2.48. The van der Waals surface area contributed by atoms with Crippen LogP contribution in [0, 0.1) is 0 Å². The first-order chi connectivity index (χ1) is 10.1. The maximum Gasteiger partial charge on any atom is 0.277 e. The standard InChI is InChI=1S/C13H14BrN3O3S/c14-12-3-4-13(20-12)21(18,19)17-7-6-16-9-11(17)10-2-1-5-15-8-10/h1-5,8,11,16H,6-7,9H2. The number of aromatic nitrogens is 1. The second-order valence-electron chi connectivity index (χ2n) is 4.68. The lowest BCUT2D eigenvalue weighted by molar-refractivity contribution is 0.263. The van der Waals surface area contributed by atoms with Crippen LogP contribution in [0.15, 0.2) is 50.8 Å². The summed E-state index contributed by atoms with van der Waals surface area (Å²) in [5, 5.41) is 3.17. The Morgan fingerprint density at radius 2 is 2.24 bits per heavy atom. The highest BCUT2D eigenvalue weighted by atomic mass is 79.9. The van der Waals surface area contributed by atoms with Crippen LogP contribution < -0.4 is 5.32 Å². The number of rotatable bonds is 3. The van der Waals surface area contributed by atoms with Crippen molar-refractivity contribution in [3.8, 4) is 0 Å². The predicted molar refractivity (Wildman–Crippen MR) is 80.1 cm³/mol. The van der Waals surface area contributed by atoms with E-state index < -0.39 is 10.0 Å². The van der Waals surface area contributed by atoms with Crippen LogP contribution in [0.3, 0.4) is 0 Å². The van der Waals surface area contributed by atoms with E-state index in [2.05, 4.69) is 26.2 Å². The molecular weight excluding hydrogens is 358 g/mol. The summed E-state index contributed by atoms with van der Waals surface area (Å²) in [6.07, 6.45) is 3.36. The van der Waals surface area contributed by atoms with Gasteiger partial charge in [0.1, 0.15) is 0 Å². The summed E-state index contributed by atoms with van der Waals surface area (Å²) in [7, 11) is -3.67. The number of sulfonamides is 1. The van der Waals surface area contributed by atoms with E-state index in [1.165, 1.54) is 10.4 Å². The molecule has 1 saturated heterocycles. The molecule has 1 atom stereocenters. The number of hydrogen-bond acceptors (Lipinski definition) is 5. The molecule has 8 heteroatoms. The Morgan fingerprint density at radius 1 is 1.38 bits per heavy atom. The van der Waals surface area contributed by atoms with E-state index in [1.807, 2.05) is 6.07 Å². The van der Waals surface area contributed by atoms with Gasteiger partial charge in [0.15, 0.2) is 4.67 Å². The van der Waals surface area contributed by atoms with Crippen LogP contribution in [-0.4, -0.2) is 37.3 Å². The molecule has 1 aliphatic heterocycles. The van der Waals surface area contributed by atoms with Gasteiger partial charge < -0.3 is 9.73 Å². The van der Waals surface area contributed by atoms with Crippen LogP contribution in [0.5, 0.6) is 0 Å². The number of pyridine rings is 1. The van der Waals surface area contributed by atoms with Gasteiger partial charge in [0, 0.05) is 32.0 Å². The van der Waals surface area contributed by atoms with Gasteiger partial charge in [0.2, 0.25) is 5.09 Å². The first-order valence-electron chi connectivity index (χ1n) is 6.47. The van der Waals surface area contributed by atoms with Gasteiger partial charge in [-0.2, -0.15) is 4.31 Å². The molecule has 0 radical (unpaired) electrons. The Balaban J connectivity index is 1.98. The number of hydrogen-bond donors (Lipinski definition) is 1. The van der Waals surface area contributed by atoms with Crippen molar-refractivity contribution in [2.75, 3.05) is 19.6 Å². The largest absolute Gasteiger partial charge is 0.437 e. The summed E-state index contributed by atoms with van der Waals surface area (Å²) in [6, 6.07) is 6.43. The number of nitrogens with zero attached hydrogens (tertiary/aromatic N) is 2. The van der Waals surface area contributed by atoms with Crippen molar-refractivity contribution in [2.24, 2.45) is 0 Å². The molecule has 0 spiro atoms. The van der Waals surface area contributed by atoms with Crippen molar-refractivity contribution in [1.29, 1.82) is 0 Å². The highest BCUT2D eigenvalue weighted by molar-refractivity contribution is 9.10. The monoisotopic (exact) mass is 371 g/mol. The SMILES string of the molecule is O=S(=O)(c1ccc(Br)o1)N1CCNCC1c1cccnc1. The van der Waals surface area contributed by atoms with E-state index in [-0.39, 0.29) is 11.1 Å². The molecule has 21 heavy (non-hydrogen) atoms. The number of halogens is 1. The third-order valence-corrected chi connectivity index (χ3v) is 5.58. The highest BCUT2D eigenvalue weighted by Gasteiger charge is 2.36. The Bertz CT molecular complexity index is 717. The molecule has 112 valence electrons. The summed E-state index contributed by atoms with van der Waals surface area (Å²) in [4.78, 5) is 4.07. The predicted octanol–water partition coefficient (Wildman–Crippen LogP) is 1.77. The maximum absolute atomic E-state index is 12.7. The summed E-state index contributed by atoms with van der Waals surface area (Å²) in [5.74, 6) is 0. The van der Waals surface area contributed by atoms with Crippen molar-refractivity contribution in [2.45, 2.75) is 11.1 Å². The van der Waals surface area contributed by atoms with E-state index in [0.29, 0.717) is 24.3 Å². The quantitative estimate of drug-likeness (QED) is 0.889. The molecule has 1 aliphatic rings. The average Bonchev–Trinajstić information content (AvgIpc) is 2.95. The van der Waals surface area contributed by atoms with Gasteiger partial charge in [0.25, 0.3) is 10.0 Å². The zero-order chi connectivity index (χ0) is 14.9. The zero-order valence-corrected chi connectivity index (χ0v) is 13.5. The Morgan fingerprint density at radius 3 is 2.90 bits per heavy atom. The van der Waals surface area contributed by atoms with Crippen LogP contribution >= 0.6 is 15.9 Å². The second-order valence-corrected chi connectivity index (χ2v) is 7.28. The highest BCUT2D eigenvalue weighted by Crippen LogP contribution is 2.30. The molecule has 0 aliphatic carbocycles. The van der Waals surface area contributed by atoms with Gasteiger partial charge in [-0.25, -0.2) is 8.42 Å². The van der Waals surface area contributed by atoms with Crippen molar-refractivity contribution in [3.05, 3.63) is 46.9 Å². The Labute approximate surface area is 131 Å². The van der Waals surface area contributed by atoms with Gasteiger partial charge in [0.05, 0.1) is 6.04 Å². The third kappa shape index (κ3) is 2.89. The summed E-state index contributed by atoms with van der Waals surface area (Å²) in [5.41, 5.74) is 0.860. The zero-order valence-electron chi connectivity index (χ0n) is 11.1. The molecule has 1 unspecified atom stereocenters. The van der Waals surface area contributed by atoms with Crippen LogP contribution in [0.1, 0.15) is 11.6 Å². The molecular formula is C13H14BrN3O3S. The molecule has 2 aromatic rings. The minimum absolute atomic E-state index is 0.0508. The van der Waals surface area contributed by atoms with E-state index in [9.17, 15) is 8.42 Å². The number of piperazine rings is 1. The van der Waals surface area contributed by atoms with Crippen LogP contribution in [0.2, 0.25) is 0 Å². The van der Waals surface area contributed by atoms with E-state index in [0.717, 1.165) is 5.56 Å². The van der Waals surface area contributed by atoms with Crippen molar-refractivity contribution in [1.82, 2.24) is 14.6 Å². The van der Waals surface area contributed by atoms with Gasteiger partial charge in [-0.05, 0) is 39.7 Å². The molecule has 6 nitrogen and oxygen atoms in total. The number of furan rings is 1. The fourth-order valence-corrected chi connectivity index (χ4v) is 4.33. The molecule has 0 amide bonds. The Hall–Kier alpha value is -1.22. The lowest BCUT2D eigenvalue weighted by Gasteiger charge is -2.34. The van der Waals surface area contributed by atoms with Crippen molar-refractivity contribution >= 4 is 26.0 Å². The van der Waals surface area contributed by atoms with Crippen LogP contribution in [0.25, 0.3) is 0 Å². The average molecular weight is 372 g/mol. The lowest BCUT2D eigenvalue weighted by atomic mass is 10.1. The van der Waals surface area contributed by atoms with E-state index >= 15 is 0 Å². The third-order valence-electron chi connectivity index (χ3n) is 3.37. The molecule has 0 bridgehead atoms. The topological polar surface area (TPSA) is 75.4 Å². The van der Waals surface area contributed by atoms with Gasteiger partial charge in [-0.15, -0.1) is 0 Å². The second kappa shape index (κ2) is 5.88. The normalized spacial score (nSPS) is 20.5. The smallest absolute Gasteiger partial charge is 0.277 e.